The third-order valence-corrected chi connectivity index (χ3v) is 8.79. The maximum absolute atomic E-state index is 12.2. The van der Waals surface area contributed by atoms with Crippen LogP contribution in [0.3, 0.4) is 0 Å². The summed E-state index contributed by atoms with van der Waals surface area (Å²) in [6, 6.07) is 10.7. The Kier molecular flexibility index (Phi) is 3.34. The van der Waals surface area contributed by atoms with Crippen molar-refractivity contribution in [1.82, 2.24) is 0 Å². The van der Waals surface area contributed by atoms with E-state index in [-0.39, 0.29) is 4.75 Å². The first-order valence-electron chi connectivity index (χ1n) is 6.20. The second-order valence-electron chi connectivity index (χ2n) is 4.72. The van der Waals surface area contributed by atoms with Crippen molar-refractivity contribution in [3.8, 4) is 0 Å². The summed E-state index contributed by atoms with van der Waals surface area (Å²) < 4.78 is 1.47. The fourth-order valence-electron chi connectivity index (χ4n) is 2.85. The predicted octanol–water partition coefficient (Wildman–Crippen LogP) is 2.43. The summed E-state index contributed by atoms with van der Waals surface area (Å²) in [5.41, 5.74) is 0. The minimum atomic E-state index is 0.0237. The van der Waals surface area contributed by atoms with Crippen molar-refractivity contribution < 1.29 is 4.79 Å². The molecule has 3 rings (SSSR count). The van der Waals surface area contributed by atoms with Gasteiger partial charge < -0.3 is 0 Å². The van der Waals surface area contributed by atoms with Crippen molar-refractivity contribution in [3.63, 3.8) is 0 Å². The van der Waals surface area contributed by atoms with Gasteiger partial charge in [0.2, 0.25) is 0 Å². The Morgan fingerprint density at radius 1 is 1.29 bits per heavy atom. The first-order valence-corrected chi connectivity index (χ1v) is 9.03. The second-order valence-corrected chi connectivity index (χ2v) is 8.83. The van der Waals surface area contributed by atoms with Crippen molar-refractivity contribution in [2.45, 2.75) is 35.2 Å². The number of hydrogen-bond acceptors (Lipinski definition) is 2. The molecule has 1 saturated carbocycles. The van der Waals surface area contributed by atoms with Gasteiger partial charge in [0.05, 0.1) is 0 Å². The van der Waals surface area contributed by atoms with Crippen LogP contribution in [0.15, 0.2) is 30.3 Å². The molecule has 90 valence electrons. The summed E-state index contributed by atoms with van der Waals surface area (Å²) in [4.78, 5) is 12.8. The molecule has 1 aromatic carbocycles. The van der Waals surface area contributed by atoms with Gasteiger partial charge in [0, 0.05) is 0 Å². The van der Waals surface area contributed by atoms with Crippen LogP contribution in [-0.2, 0) is 4.79 Å². The number of carbonyl (C=O) groups is 1. The molecular weight excluding hydrogens is 295 g/mol. The summed E-state index contributed by atoms with van der Waals surface area (Å²) in [5, 5.41) is 0. The van der Waals surface area contributed by atoms with E-state index in [0.29, 0.717) is 25.6 Å². The van der Waals surface area contributed by atoms with E-state index in [9.17, 15) is 4.79 Å². The topological polar surface area (TPSA) is 17.1 Å². The molecule has 0 N–H and O–H groups in total. The van der Waals surface area contributed by atoms with Gasteiger partial charge in [-0.25, -0.2) is 0 Å². The van der Waals surface area contributed by atoms with Crippen LogP contribution in [0.1, 0.15) is 25.7 Å². The number of benzene rings is 1. The number of rotatable bonds is 2. The van der Waals surface area contributed by atoms with E-state index in [1.54, 1.807) is 0 Å². The molecule has 1 spiro atoms. The number of ketones is 1. The monoisotopic (exact) mass is 312 g/mol. The molecule has 1 aliphatic carbocycles. The number of carbonyl (C=O) groups excluding carboxylic acids is 1. The Morgan fingerprint density at radius 2 is 2.12 bits per heavy atom. The van der Waals surface area contributed by atoms with Gasteiger partial charge in [0.15, 0.2) is 0 Å². The summed E-state index contributed by atoms with van der Waals surface area (Å²) in [5.74, 6) is 1.73. The average Bonchev–Trinajstić information content (AvgIpc) is 2.91. The molecule has 2 aliphatic rings. The molecule has 0 bridgehead atoms. The van der Waals surface area contributed by atoms with Crippen molar-refractivity contribution in [1.29, 1.82) is 0 Å². The van der Waals surface area contributed by atoms with Crippen molar-refractivity contribution in [3.05, 3.63) is 30.3 Å². The zero-order valence-corrected chi connectivity index (χ0v) is 12.3. The second kappa shape index (κ2) is 4.79. The van der Waals surface area contributed by atoms with Crippen molar-refractivity contribution >= 4 is 37.0 Å². The Morgan fingerprint density at radius 3 is 2.82 bits per heavy atom. The summed E-state index contributed by atoms with van der Waals surface area (Å²) in [6.45, 7) is 0. The molecule has 0 amide bonds. The van der Waals surface area contributed by atoms with Crippen LogP contribution < -0.4 is 4.46 Å². The SMILES string of the molecule is O=C1CCCC12SCC[C@H]2[Se]c1ccccc1. The number of Topliss-reactive ketones (excluding diaryl/α,β-unsaturated/α-hetero) is 1. The summed E-state index contributed by atoms with van der Waals surface area (Å²) >= 11 is 2.42. The van der Waals surface area contributed by atoms with Crippen LogP contribution in [-0.4, -0.2) is 31.2 Å². The first kappa shape index (κ1) is 11.8. The fraction of sp³-hybridized carbons (Fsp3) is 0.500. The summed E-state index contributed by atoms with van der Waals surface area (Å²) in [6.07, 6.45) is 4.32. The Hall–Kier alpha value is -0.241. The van der Waals surface area contributed by atoms with E-state index < -0.39 is 0 Å². The summed E-state index contributed by atoms with van der Waals surface area (Å²) in [7, 11) is 0. The van der Waals surface area contributed by atoms with E-state index >= 15 is 0 Å². The van der Waals surface area contributed by atoms with Crippen LogP contribution in [0.4, 0.5) is 0 Å². The Bertz CT molecular complexity index is 415. The molecule has 1 aliphatic heterocycles. The Labute approximate surface area is 113 Å². The Balaban J connectivity index is 1.81. The molecule has 1 heterocycles. The fourth-order valence-corrected chi connectivity index (χ4v) is 8.20. The third-order valence-electron chi connectivity index (χ3n) is 3.71. The molecule has 2 atom stereocenters. The molecule has 0 aromatic heterocycles. The predicted molar refractivity (Wildman–Crippen MR) is 74.2 cm³/mol. The van der Waals surface area contributed by atoms with Crippen LogP contribution in [0, 0.1) is 0 Å². The van der Waals surface area contributed by atoms with Crippen LogP contribution in [0.2, 0.25) is 4.82 Å². The molecule has 3 heteroatoms. The maximum atomic E-state index is 12.2. The molecule has 1 nitrogen and oxygen atoms in total. The van der Waals surface area contributed by atoms with E-state index in [1.807, 2.05) is 11.8 Å². The quantitative estimate of drug-likeness (QED) is 0.781. The molecule has 1 aromatic rings. The van der Waals surface area contributed by atoms with Gasteiger partial charge in [0.25, 0.3) is 0 Å². The van der Waals surface area contributed by atoms with E-state index in [2.05, 4.69) is 30.3 Å². The molecule has 1 unspecified atom stereocenters. The molecule has 17 heavy (non-hydrogen) atoms. The van der Waals surface area contributed by atoms with Gasteiger partial charge in [-0.05, 0) is 0 Å². The zero-order chi connectivity index (χ0) is 11.7. The van der Waals surface area contributed by atoms with Gasteiger partial charge >= 0.3 is 113 Å². The van der Waals surface area contributed by atoms with Gasteiger partial charge in [-0.15, -0.1) is 0 Å². The van der Waals surface area contributed by atoms with Crippen LogP contribution in [0.25, 0.3) is 0 Å². The molecule has 0 radical (unpaired) electrons. The van der Waals surface area contributed by atoms with Gasteiger partial charge in [-0.1, -0.05) is 0 Å². The van der Waals surface area contributed by atoms with E-state index in [4.69, 9.17) is 0 Å². The molecule has 1 saturated heterocycles. The first-order chi connectivity index (χ1) is 8.31. The van der Waals surface area contributed by atoms with Gasteiger partial charge in [-0.3, -0.25) is 0 Å². The standard InChI is InChI=1S/C14H16OSSe/c15-12-7-4-9-14(12)13(8-10-16-14)17-11-5-2-1-3-6-11/h1-3,5-6,13H,4,7-10H2/t13-,14?/m1/s1. The average molecular weight is 311 g/mol. The minimum absolute atomic E-state index is 0.0237. The van der Waals surface area contributed by atoms with Crippen molar-refractivity contribution in [2.24, 2.45) is 0 Å². The van der Waals surface area contributed by atoms with E-state index in [0.717, 1.165) is 19.3 Å². The number of hydrogen-bond donors (Lipinski definition) is 0. The van der Waals surface area contributed by atoms with E-state index in [1.165, 1.54) is 16.6 Å². The van der Waals surface area contributed by atoms with Gasteiger partial charge in [0.1, 0.15) is 0 Å². The normalized spacial score (nSPS) is 32.5. The molecule has 2 fully saturated rings. The third kappa shape index (κ3) is 2.09. The zero-order valence-electron chi connectivity index (χ0n) is 9.72. The number of thioether (sulfide) groups is 1. The van der Waals surface area contributed by atoms with Gasteiger partial charge in [-0.2, -0.15) is 0 Å². The van der Waals surface area contributed by atoms with Crippen LogP contribution in [0.5, 0.6) is 0 Å². The molecular formula is C14H16OSSe. The van der Waals surface area contributed by atoms with Crippen molar-refractivity contribution in [2.75, 3.05) is 5.75 Å². The van der Waals surface area contributed by atoms with Crippen LogP contribution >= 0.6 is 11.8 Å².